The number of nitrogens with one attached hydrogen (secondary N) is 1. The van der Waals surface area contributed by atoms with Crippen molar-refractivity contribution in [1.82, 2.24) is 5.32 Å². The summed E-state index contributed by atoms with van der Waals surface area (Å²) < 4.78 is 6.17. The molecule has 0 radical (unpaired) electrons. The molecule has 0 saturated heterocycles. The Morgan fingerprint density at radius 2 is 1.94 bits per heavy atom. The Balaban J connectivity index is 2.23. The minimum absolute atomic E-state index is 0.0829. The van der Waals surface area contributed by atoms with Gasteiger partial charge in [-0.05, 0) is 24.3 Å². The number of rotatable bonds is 6. The SMILES string of the molecule is NC(=O)CCNC(=O)COc1ccc(Br)cc1. The largest absolute Gasteiger partial charge is 0.484 e. The highest BCUT2D eigenvalue weighted by molar-refractivity contribution is 9.10. The fourth-order valence-electron chi connectivity index (χ4n) is 1.06. The molecule has 5 nitrogen and oxygen atoms in total. The molecule has 0 unspecified atom stereocenters. The van der Waals surface area contributed by atoms with Crippen LogP contribution < -0.4 is 15.8 Å². The van der Waals surface area contributed by atoms with Crippen LogP contribution in [-0.4, -0.2) is 25.0 Å². The normalized spacial score (nSPS) is 9.71. The smallest absolute Gasteiger partial charge is 0.257 e. The quantitative estimate of drug-likeness (QED) is 0.816. The zero-order chi connectivity index (χ0) is 12.7. The van der Waals surface area contributed by atoms with E-state index in [0.29, 0.717) is 5.75 Å². The number of hydrogen-bond acceptors (Lipinski definition) is 3. The molecule has 0 fully saturated rings. The van der Waals surface area contributed by atoms with Crippen LogP contribution in [0.5, 0.6) is 5.75 Å². The van der Waals surface area contributed by atoms with E-state index in [1.54, 1.807) is 12.1 Å². The number of benzene rings is 1. The van der Waals surface area contributed by atoms with Gasteiger partial charge in [-0.3, -0.25) is 9.59 Å². The van der Waals surface area contributed by atoms with E-state index in [2.05, 4.69) is 21.2 Å². The molecule has 2 amide bonds. The minimum atomic E-state index is -0.445. The van der Waals surface area contributed by atoms with Gasteiger partial charge in [-0.1, -0.05) is 15.9 Å². The van der Waals surface area contributed by atoms with Crippen molar-refractivity contribution in [2.45, 2.75) is 6.42 Å². The summed E-state index contributed by atoms with van der Waals surface area (Å²) in [6.45, 7) is 0.151. The van der Waals surface area contributed by atoms with E-state index in [-0.39, 0.29) is 25.5 Å². The van der Waals surface area contributed by atoms with Gasteiger partial charge in [-0.2, -0.15) is 0 Å². The van der Waals surface area contributed by atoms with Gasteiger partial charge in [0.05, 0.1) is 0 Å². The van der Waals surface area contributed by atoms with Crippen molar-refractivity contribution in [1.29, 1.82) is 0 Å². The van der Waals surface area contributed by atoms with Gasteiger partial charge in [-0.25, -0.2) is 0 Å². The lowest BCUT2D eigenvalue weighted by atomic mass is 10.3. The fraction of sp³-hybridized carbons (Fsp3) is 0.273. The van der Waals surface area contributed by atoms with E-state index in [1.165, 1.54) is 0 Å². The molecule has 0 saturated carbocycles. The molecule has 1 rings (SSSR count). The van der Waals surface area contributed by atoms with Crippen molar-refractivity contribution in [2.75, 3.05) is 13.2 Å². The number of primary amides is 1. The molecule has 0 atom stereocenters. The first-order chi connectivity index (χ1) is 8.08. The molecule has 0 aliphatic rings. The van der Waals surface area contributed by atoms with Crippen LogP contribution in [0, 0.1) is 0 Å². The summed E-state index contributed by atoms with van der Waals surface area (Å²) in [5.41, 5.74) is 4.93. The summed E-state index contributed by atoms with van der Waals surface area (Å²) >= 11 is 3.29. The predicted molar refractivity (Wildman–Crippen MR) is 66.5 cm³/mol. The van der Waals surface area contributed by atoms with Gasteiger partial charge in [0.25, 0.3) is 5.91 Å². The molecule has 92 valence electrons. The first kappa shape index (κ1) is 13.5. The molecule has 17 heavy (non-hydrogen) atoms. The lowest BCUT2D eigenvalue weighted by molar-refractivity contribution is -0.123. The number of carbonyl (C=O) groups excluding carboxylic acids is 2. The third-order valence-corrected chi connectivity index (χ3v) is 2.41. The minimum Gasteiger partial charge on any atom is -0.484 e. The van der Waals surface area contributed by atoms with Gasteiger partial charge >= 0.3 is 0 Å². The average molecular weight is 301 g/mol. The second-order valence-corrected chi connectivity index (χ2v) is 4.22. The number of nitrogens with two attached hydrogens (primary N) is 1. The van der Waals surface area contributed by atoms with E-state index in [1.807, 2.05) is 12.1 Å². The molecule has 3 N–H and O–H groups in total. The van der Waals surface area contributed by atoms with Crippen LogP contribution in [0.3, 0.4) is 0 Å². The van der Waals surface area contributed by atoms with E-state index in [4.69, 9.17) is 10.5 Å². The van der Waals surface area contributed by atoms with Gasteiger partial charge in [-0.15, -0.1) is 0 Å². The van der Waals surface area contributed by atoms with Crippen LogP contribution in [0.4, 0.5) is 0 Å². The molecule has 0 aliphatic heterocycles. The maximum atomic E-state index is 11.3. The molecule has 0 heterocycles. The summed E-state index contributed by atoms with van der Waals surface area (Å²) in [6, 6.07) is 7.14. The van der Waals surface area contributed by atoms with Gasteiger partial charge in [0.2, 0.25) is 5.91 Å². The monoisotopic (exact) mass is 300 g/mol. The van der Waals surface area contributed by atoms with Gasteiger partial charge < -0.3 is 15.8 Å². The van der Waals surface area contributed by atoms with E-state index < -0.39 is 5.91 Å². The van der Waals surface area contributed by atoms with E-state index in [0.717, 1.165) is 4.47 Å². The van der Waals surface area contributed by atoms with Gasteiger partial charge in [0.1, 0.15) is 5.75 Å². The van der Waals surface area contributed by atoms with E-state index in [9.17, 15) is 9.59 Å². The number of ether oxygens (including phenoxy) is 1. The van der Waals surface area contributed by atoms with Crippen molar-refractivity contribution >= 4 is 27.7 Å². The second-order valence-electron chi connectivity index (χ2n) is 3.31. The molecule has 1 aromatic rings. The summed E-state index contributed by atoms with van der Waals surface area (Å²) in [4.78, 5) is 21.7. The van der Waals surface area contributed by atoms with Crippen LogP contribution in [-0.2, 0) is 9.59 Å². The Labute approximate surface area is 107 Å². The summed E-state index contributed by atoms with van der Waals surface area (Å²) in [5, 5.41) is 2.52. The lowest BCUT2D eigenvalue weighted by Gasteiger charge is -2.06. The molecule has 0 spiro atoms. The third-order valence-electron chi connectivity index (χ3n) is 1.88. The standard InChI is InChI=1S/C11H13BrN2O3/c12-8-1-3-9(4-2-8)17-7-11(16)14-6-5-10(13)15/h1-4H,5-7H2,(H2,13,15)(H,14,16). The number of carbonyl (C=O) groups is 2. The molecule has 1 aromatic carbocycles. The fourth-order valence-corrected chi connectivity index (χ4v) is 1.32. The maximum absolute atomic E-state index is 11.3. The first-order valence-corrected chi connectivity index (χ1v) is 5.80. The number of hydrogen-bond donors (Lipinski definition) is 2. The summed E-state index contributed by atoms with van der Waals surface area (Å²) in [5.74, 6) is -0.119. The third kappa shape index (κ3) is 5.91. The Morgan fingerprint density at radius 3 is 2.53 bits per heavy atom. The Morgan fingerprint density at radius 1 is 1.29 bits per heavy atom. The van der Waals surface area contributed by atoms with Crippen LogP contribution in [0.25, 0.3) is 0 Å². The molecule has 0 aliphatic carbocycles. The lowest BCUT2D eigenvalue weighted by Crippen LogP contribution is -2.31. The first-order valence-electron chi connectivity index (χ1n) is 5.01. The predicted octanol–water partition coefficient (Wildman–Crippen LogP) is 0.819. The van der Waals surface area contributed by atoms with Crippen molar-refractivity contribution < 1.29 is 14.3 Å². The Bertz CT molecular complexity index is 392. The van der Waals surface area contributed by atoms with Gasteiger partial charge in [0, 0.05) is 17.4 Å². The van der Waals surface area contributed by atoms with Crippen molar-refractivity contribution in [3.8, 4) is 5.75 Å². The topological polar surface area (TPSA) is 81.4 Å². The van der Waals surface area contributed by atoms with Crippen molar-refractivity contribution in [3.05, 3.63) is 28.7 Å². The number of halogens is 1. The molecule has 0 aromatic heterocycles. The molecular weight excluding hydrogens is 288 g/mol. The number of amides is 2. The van der Waals surface area contributed by atoms with Crippen LogP contribution >= 0.6 is 15.9 Å². The summed E-state index contributed by atoms with van der Waals surface area (Å²) in [6.07, 6.45) is 0.129. The molecule has 0 bridgehead atoms. The van der Waals surface area contributed by atoms with E-state index >= 15 is 0 Å². The highest BCUT2D eigenvalue weighted by Gasteiger charge is 2.03. The Hall–Kier alpha value is -1.56. The molecular formula is C11H13BrN2O3. The Kier molecular flexibility index (Phi) is 5.48. The van der Waals surface area contributed by atoms with Crippen LogP contribution in [0.15, 0.2) is 28.7 Å². The maximum Gasteiger partial charge on any atom is 0.257 e. The zero-order valence-electron chi connectivity index (χ0n) is 9.11. The van der Waals surface area contributed by atoms with Crippen molar-refractivity contribution in [2.24, 2.45) is 5.73 Å². The average Bonchev–Trinajstić information content (AvgIpc) is 2.28. The van der Waals surface area contributed by atoms with Crippen LogP contribution in [0.1, 0.15) is 6.42 Å². The summed E-state index contributed by atoms with van der Waals surface area (Å²) in [7, 11) is 0. The zero-order valence-corrected chi connectivity index (χ0v) is 10.7. The second kappa shape index (κ2) is 6.90. The van der Waals surface area contributed by atoms with Crippen LogP contribution in [0.2, 0.25) is 0 Å². The highest BCUT2D eigenvalue weighted by atomic mass is 79.9. The molecule has 6 heteroatoms. The van der Waals surface area contributed by atoms with Crippen molar-refractivity contribution in [3.63, 3.8) is 0 Å². The van der Waals surface area contributed by atoms with Gasteiger partial charge in [0.15, 0.2) is 6.61 Å². The highest BCUT2D eigenvalue weighted by Crippen LogP contribution is 2.15.